The lowest BCUT2D eigenvalue weighted by atomic mass is 9.92. The first kappa shape index (κ1) is 29.2. The summed E-state index contributed by atoms with van der Waals surface area (Å²) in [5.74, 6) is -0.800. The van der Waals surface area contributed by atoms with Gasteiger partial charge in [0.05, 0.1) is 44.1 Å². The van der Waals surface area contributed by atoms with Crippen molar-refractivity contribution in [3.05, 3.63) is 0 Å². The highest BCUT2D eigenvalue weighted by atomic mass is 16.6. The number of fused-ring (bicyclic) bond motifs is 2. The maximum Gasteiger partial charge on any atom is 0.429 e. The number of amides is 2. The van der Waals surface area contributed by atoms with Gasteiger partial charge >= 0.3 is 18.2 Å². The van der Waals surface area contributed by atoms with Crippen molar-refractivity contribution in [1.82, 2.24) is 10.0 Å². The number of aliphatic carboxylic acids is 1. The normalized spacial score (nSPS) is 24.0. The summed E-state index contributed by atoms with van der Waals surface area (Å²) < 4.78 is 16.7. The number of carbonyl (C=O) groups excluding carboxylic acids is 2. The number of carboxylic acid groups (broad SMARTS) is 1. The second-order valence-corrected chi connectivity index (χ2v) is 9.42. The Labute approximate surface area is 208 Å². The zero-order chi connectivity index (χ0) is 25.8. The minimum atomic E-state index is -0.784. The fraction of sp³-hybridized carbons (Fsp3) is 0.880. The molecule has 5 atom stereocenters. The topological polar surface area (TPSA) is 126 Å². The Morgan fingerprint density at radius 1 is 0.886 bits per heavy atom. The third kappa shape index (κ3) is 8.24. The average Bonchev–Trinajstić information content (AvgIpc) is 3.36. The first-order chi connectivity index (χ1) is 16.8. The van der Waals surface area contributed by atoms with Crippen LogP contribution in [0.1, 0.15) is 91.4 Å². The predicted molar refractivity (Wildman–Crippen MR) is 129 cm³/mol. The van der Waals surface area contributed by atoms with Crippen LogP contribution in [0, 0.1) is 5.92 Å². The molecule has 0 aromatic rings. The van der Waals surface area contributed by atoms with Gasteiger partial charge in [0.1, 0.15) is 0 Å². The molecule has 2 aliphatic rings. The van der Waals surface area contributed by atoms with Gasteiger partial charge in [-0.2, -0.15) is 0 Å². The number of hydrogen-bond donors (Lipinski definition) is 2. The van der Waals surface area contributed by atoms with Gasteiger partial charge in [0.2, 0.25) is 0 Å². The van der Waals surface area contributed by atoms with Crippen LogP contribution in [0.3, 0.4) is 0 Å². The number of ether oxygens (including phenoxy) is 3. The van der Waals surface area contributed by atoms with E-state index in [0.29, 0.717) is 19.3 Å². The van der Waals surface area contributed by atoms with Crippen LogP contribution >= 0.6 is 0 Å². The minimum Gasteiger partial charge on any atom is -0.481 e. The summed E-state index contributed by atoms with van der Waals surface area (Å²) in [4.78, 5) is 36.4. The molecule has 1 heterocycles. The fourth-order valence-electron chi connectivity index (χ4n) is 5.26. The molecule has 1 saturated heterocycles. The second kappa shape index (κ2) is 15.1. The Bertz CT molecular complexity index is 676. The molecule has 2 rings (SSSR count). The first-order valence-electron chi connectivity index (χ1n) is 13.3. The monoisotopic (exact) mass is 500 g/mol. The van der Waals surface area contributed by atoms with Crippen LogP contribution in [-0.4, -0.2) is 82.5 Å². The van der Waals surface area contributed by atoms with Crippen LogP contribution in [0.5, 0.6) is 0 Å². The Hall–Kier alpha value is -2.07. The van der Waals surface area contributed by atoms with Crippen molar-refractivity contribution in [3.8, 4) is 0 Å². The van der Waals surface area contributed by atoms with E-state index in [0.717, 1.165) is 44.9 Å². The smallest absolute Gasteiger partial charge is 0.429 e. The van der Waals surface area contributed by atoms with Crippen molar-refractivity contribution in [2.75, 3.05) is 19.8 Å². The molecule has 10 nitrogen and oxygen atoms in total. The van der Waals surface area contributed by atoms with E-state index in [-0.39, 0.29) is 50.3 Å². The SMILES string of the molecule is CCCCCC(O)CO[C@@H]1[C@@H](CCCCCCC(=O)O)[C@@H]2C[C@@H]1N(C(=O)OCC)N2C(=O)OCC. The molecule has 10 heteroatoms. The van der Waals surface area contributed by atoms with Gasteiger partial charge in [-0.3, -0.25) is 4.79 Å². The molecule has 2 amide bonds. The third-order valence-electron chi connectivity index (χ3n) is 6.85. The molecule has 1 unspecified atom stereocenters. The lowest BCUT2D eigenvalue weighted by Gasteiger charge is -2.44. The molecule has 1 aliphatic heterocycles. The van der Waals surface area contributed by atoms with Crippen LogP contribution in [0.25, 0.3) is 0 Å². The number of rotatable bonds is 16. The molecule has 0 radical (unpaired) electrons. The summed E-state index contributed by atoms with van der Waals surface area (Å²) in [6, 6.07) is -0.631. The Morgan fingerprint density at radius 3 is 2.11 bits per heavy atom. The second-order valence-electron chi connectivity index (χ2n) is 9.42. The van der Waals surface area contributed by atoms with Gasteiger partial charge in [-0.05, 0) is 39.5 Å². The maximum absolute atomic E-state index is 12.8. The van der Waals surface area contributed by atoms with Crippen LogP contribution in [0.2, 0.25) is 0 Å². The van der Waals surface area contributed by atoms with Gasteiger partial charge in [-0.25, -0.2) is 19.6 Å². The lowest BCUT2D eigenvalue weighted by molar-refractivity contribution is -0.137. The van der Waals surface area contributed by atoms with E-state index in [1.807, 2.05) is 0 Å². The first-order valence-corrected chi connectivity index (χ1v) is 13.3. The molecular formula is C25H44N2O8. The van der Waals surface area contributed by atoms with E-state index in [1.165, 1.54) is 10.0 Å². The van der Waals surface area contributed by atoms with E-state index in [2.05, 4.69) is 6.92 Å². The lowest BCUT2D eigenvalue weighted by Crippen LogP contribution is -2.61. The Balaban J connectivity index is 2.10. The van der Waals surface area contributed by atoms with Gasteiger partial charge in [0.15, 0.2) is 0 Å². The summed E-state index contributed by atoms with van der Waals surface area (Å²) in [6.07, 6.45) is 6.38. The largest absolute Gasteiger partial charge is 0.481 e. The van der Waals surface area contributed by atoms with Crippen molar-refractivity contribution in [1.29, 1.82) is 0 Å². The average molecular weight is 501 g/mol. The molecule has 0 aromatic heterocycles. The summed E-state index contributed by atoms with van der Waals surface area (Å²) >= 11 is 0. The standard InChI is InChI=1S/C25H44N2O8/c1-4-7-10-13-18(28)17-35-23-19(14-11-8-9-12-15-22(29)30)20-16-21(23)27(25(32)34-6-3)26(20)24(31)33-5-2/h18-21,23,28H,4-17H2,1-3H3,(H,29,30)/t18?,19-,20-,21-,23+/m0/s1. The molecule has 0 aromatic carbocycles. The molecular weight excluding hydrogens is 456 g/mol. The highest BCUT2D eigenvalue weighted by Gasteiger charge is 2.60. The predicted octanol–water partition coefficient (Wildman–Crippen LogP) is 4.34. The minimum absolute atomic E-state index is 0.0163. The van der Waals surface area contributed by atoms with E-state index >= 15 is 0 Å². The number of aliphatic hydroxyl groups is 1. The van der Waals surface area contributed by atoms with E-state index in [4.69, 9.17) is 19.3 Å². The van der Waals surface area contributed by atoms with Crippen molar-refractivity contribution in [3.63, 3.8) is 0 Å². The van der Waals surface area contributed by atoms with Gasteiger partial charge < -0.3 is 24.4 Å². The van der Waals surface area contributed by atoms with E-state index < -0.39 is 24.3 Å². The van der Waals surface area contributed by atoms with E-state index in [9.17, 15) is 19.5 Å². The Kier molecular flexibility index (Phi) is 12.6. The van der Waals surface area contributed by atoms with Crippen molar-refractivity contribution in [2.24, 2.45) is 5.92 Å². The van der Waals surface area contributed by atoms with Gasteiger partial charge in [-0.15, -0.1) is 0 Å². The van der Waals surface area contributed by atoms with Crippen LogP contribution < -0.4 is 0 Å². The van der Waals surface area contributed by atoms with Gasteiger partial charge in [0, 0.05) is 12.3 Å². The molecule has 0 spiro atoms. The quantitative estimate of drug-likeness (QED) is 0.300. The summed E-state index contributed by atoms with van der Waals surface area (Å²) in [6.45, 7) is 6.12. The number of aliphatic hydroxyl groups excluding tert-OH is 1. The molecule has 1 saturated carbocycles. The maximum atomic E-state index is 12.8. The number of nitrogens with zero attached hydrogens (tertiary/aromatic N) is 2. The molecule has 1 aliphatic carbocycles. The van der Waals surface area contributed by atoms with Crippen molar-refractivity contribution in [2.45, 2.75) is 116 Å². The zero-order valence-corrected chi connectivity index (χ0v) is 21.5. The fourth-order valence-corrected chi connectivity index (χ4v) is 5.26. The summed E-state index contributed by atoms with van der Waals surface area (Å²) in [5, 5.41) is 22.0. The molecule has 35 heavy (non-hydrogen) atoms. The molecule has 2 bridgehead atoms. The molecule has 2 fully saturated rings. The highest BCUT2D eigenvalue weighted by molar-refractivity contribution is 5.76. The van der Waals surface area contributed by atoms with Gasteiger partial charge in [-0.1, -0.05) is 45.4 Å². The molecule has 2 N–H and O–H groups in total. The number of carboxylic acids is 1. The Morgan fingerprint density at radius 2 is 1.51 bits per heavy atom. The van der Waals surface area contributed by atoms with Gasteiger partial charge in [0.25, 0.3) is 0 Å². The number of unbranched alkanes of at least 4 members (excludes halogenated alkanes) is 5. The number of hydrazine groups is 1. The summed E-state index contributed by atoms with van der Waals surface area (Å²) in [5.41, 5.74) is 0. The van der Waals surface area contributed by atoms with Crippen molar-refractivity contribution < 1.29 is 38.8 Å². The van der Waals surface area contributed by atoms with Crippen LogP contribution in [-0.2, 0) is 19.0 Å². The van der Waals surface area contributed by atoms with Crippen LogP contribution in [0.4, 0.5) is 9.59 Å². The zero-order valence-electron chi connectivity index (χ0n) is 21.5. The highest BCUT2D eigenvalue weighted by Crippen LogP contribution is 2.46. The van der Waals surface area contributed by atoms with Crippen LogP contribution in [0.15, 0.2) is 0 Å². The molecule has 202 valence electrons. The third-order valence-corrected chi connectivity index (χ3v) is 6.85. The summed E-state index contributed by atoms with van der Waals surface area (Å²) in [7, 11) is 0. The van der Waals surface area contributed by atoms with Crippen molar-refractivity contribution >= 4 is 18.2 Å². The number of hydrogen-bond acceptors (Lipinski definition) is 7. The van der Waals surface area contributed by atoms with E-state index in [1.54, 1.807) is 13.8 Å². The number of carbonyl (C=O) groups is 3.